The van der Waals surface area contributed by atoms with Crippen molar-refractivity contribution in [3.63, 3.8) is 0 Å². The largest absolute Gasteiger partial charge is 0.416 e. The topological polar surface area (TPSA) is 50.8 Å². The van der Waals surface area contributed by atoms with Gasteiger partial charge in [0.2, 0.25) is 0 Å². The van der Waals surface area contributed by atoms with Crippen LogP contribution in [0.2, 0.25) is 0 Å². The lowest BCUT2D eigenvalue weighted by atomic mass is 10.1. The highest BCUT2D eigenvalue weighted by atomic mass is 19.4. The number of hydrogen-bond donors (Lipinski definition) is 1. The predicted molar refractivity (Wildman–Crippen MR) is 90.9 cm³/mol. The first-order valence-electron chi connectivity index (χ1n) is 7.61. The first kappa shape index (κ1) is 21.0. The lowest BCUT2D eigenvalue weighted by Gasteiger charge is -2.27. The molecular formula is C17H23F3N2O3. The Bertz CT molecular complexity index is 595. The fourth-order valence-corrected chi connectivity index (χ4v) is 2.07. The van der Waals surface area contributed by atoms with E-state index in [0.717, 1.165) is 12.1 Å². The summed E-state index contributed by atoms with van der Waals surface area (Å²) in [6.07, 6.45) is -4.51. The molecule has 0 aliphatic heterocycles. The number of hydrogen-bond acceptors (Lipinski definition) is 4. The van der Waals surface area contributed by atoms with Crippen LogP contribution in [0.25, 0.3) is 0 Å². The number of carbonyl (C=O) groups excluding carboxylic acids is 1. The summed E-state index contributed by atoms with van der Waals surface area (Å²) in [7, 11) is 3.07. The molecule has 1 rings (SSSR count). The number of nitrogens with zero attached hydrogens (tertiary/aromatic N) is 1. The van der Waals surface area contributed by atoms with Crippen LogP contribution in [-0.4, -0.2) is 46.4 Å². The van der Waals surface area contributed by atoms with Crippen LogP contribution in [0.5, 0.6) is 0 Å². The van der Waals surface area contributed by atoms with Crippen molar-refractivity contribution in [2.75, 3.05) is 50.7 Å². The van der Waals surface area contributed by atoms with Crippen LogP contribution in [0.15, 0.2) is 30.4 Å². The summed E-state index contributed by atoms with van der Waals surface area (Å²) in [4.78, 5) is 13.7. The Morgan fingerprint density at radius 2 is 1.76 bits per heavy atom. The minimum Gasteiger partial charge on any atom is -0.383 e. The van der Waals surface area contributed by atoms with Gasteiger partial charge in [-0.3, -0.25) is 4.79 Å². The molecule has 0 atom stereocenters. The molecule has 0 aliphatic carbocycles. The second kappa shape index (κ2) is 9.43. The lowest BCUT2D eigenvalue weighted by Crippen LogP contribution is -2.31. The molecule has 0 unspecified atom stereocenters. The maximum absolute atomic E-state index is 13.0. The molecule has 0 saturated carbocycles. The van der Waals surface area contributed by atoms with Crippen molar-refractivity contribution in [1.82, 2.24) is 0 Å². The number of methoxy groups -OCH3 is 2. The van der Waals surface area contributed by atoms with Crippen LogP contribution in [0.4, 0.5) is 24.5 Å². The third-order valence-corrected chi connectivity index (χ3v) is 3.43. The van der Waals surface area contributed by atoms with Gasteiger partial charge in [0.1, 0.15) is 0 Å². The normalized spacial score (nSPS) is 11.3. The highest BCUT2D eigenvalue weighted by molar-refractivity contribution is 6.04. The first-order chi connectivity index (χ1) is 11.7. The average molecular weight is 360 g/mol. The van der Waals surface area contributed by atoms with E-state index in [4.69, 9.17) is 9.47 Å². The van der Waals surface area contributed by atoms with E-state index in [0.29, 0.717) is 32.0 Å². The summed E-state index contributed by atoms with van der Waals surface area (Å²) < 4.78 is 49.1. The van der Waals surface area contributed by atoms with E-state index in [1.165, 1.54) is 27.2 Å². The van der Waals surface area contributed by atoms with Crippen molar-refractivity contribution in [3.05, 3.63) is 35.9 Å². The van der Waals surface area contributed by atoms with Crippen LogP contribution in [0, 0.1) is 0 Å². The fourth-order valence-electron chi connectivity index (χ4n) is 2.07. The van der Waals surface area contributed by atoms with Crippen molar-refractivity contribution in [1.29, 1.82) is 0 Å². The van der Waals surface area contributed by atoms with Crippen LogP contribution < -0.4 is 10.2 Å². The third-order valence-electron chi connectivity index (χ3n) is 3.43. The highest BCUT2D eigenvalue weighted by Crippen LogP contribution is 2.35. The summed E-state index contributed by atoms with van der Waals surface area (Å²) in [5.74, 6) is -0.543. The van der Waals surface area contributed by atoms with Crippen molar-refractivity contribution in [2.45, 2.75) is 13.1 Å². The third kappa shape index (κ3) is 6.39. The molecule has 0 radical (unpaired) electrons. The SMILES string of the molecule is C=C(C)C(=O)Nc1cc(C(F)(F)F)ccc1N(CCOC)CCOC. The van der Waals surface area contributed by atoms with E-state index < -0.39 is 17.6 Å². The van der Waals surface area contributed by atoms with Gasteiger partial charge in [-0.1, -0.05) is 6.58 Å². The summed E-state index contributed by atoms with van der Waals surface area (Å²) in [5, 5.41) is 2.49. The van der Waals surface area contributed by atoms with Gasteiger partial charge in [-0.15, -0.1) is 0 Å². The van der Waals surface area contributed by atoms with Crippen molar-refractivity contribution < 1.29 is 27.4 Å². The monoisotopic (exact) mass is 360 g/mol. The standard InChI is InChI=1S/C17H23F3N2O3/c1-12(2)16(23)21-14-11-13(17(18,19)20)5-6-15(14)22(7-9-24-3)8-10-25-4/h5-6,11H,1,7-10H2,2-4H3,(H,21,23). The van der Waals surface area contributed by atoms with Crippen molar-refractivity contribution in [2.24, 2.45) is 0 Å². The Labute approximate surface area is 145 Å². The van der Waals surface area contributed by atoms with Gasteiger partial charge in [0.15, 0.2) is 0 Å². The Morgan fingerprint density at radius 3 is 2.20 bits per heavy atom. The zero-order valence-corrected chi connectivity index (χ0v) is 14.6. The minimum atomic E-state index is -4.51. The number of carbonyl (C=O) groups is 1. The number of rotatable bonds is 9. The summed E-state index contributed by atoms with van der Waals surface area (Å²) in [6, 6.07) is 3.24. The molecule has 0 heterocycles. The van der Waals surface area contributed by atoms with Crippen LogP contribution in [0.1, 0.15) is 12.5 Å². The number of benzene rings is 1. The number of amides is 1. The molecule has 0 saturated heterocycles. The maximum Gasteiger partial charge on any atom is 0.416 e. The van der Waals surface area contributed by atoms with Gasteiger partial charge in [-0.25, -0.2) is 0 Å². The number of ether oxygens (including phenoxy) is 2. The molecule has 0 fully saturated rings. The number of alkyl halides is 3. The molecule has 5 nitrogen and oxygen atoms in total. The molecule has 1 aromatic rings. The molecule has 0 aliphatic rings. The van der Waals surface area contributed by atoms with E-state index in [1.54, 1.807) is 4.90 Å². The molecule has 1 amide bonds. The Kier molecular flexibility index (Phi) is 7.92. The number of nitrogens with one attached hydrogen (secondary N) is 1. The number of anilines is 2. The molecule has 1 aromatic carbocycles. The summed E-state index contributed by atoms with van der Waals surface area (Å²) in [6.45, 7) is 6.60. The molecule has 140 valence electrons. The molecule has 1 N–H and O–H groups in total. The van der Waals surface area contributed by atoms with Gasteiger partial charge in [0.05, 0.1) is 30.2 Å². The van der Waals surface area contributed by atoms with Crippen LogP contribution in [0.3, 0.4) is 0 Å². The molecule has 8 heteroatoms. The molecule has 0 spiro atoms. The summed E-state index contributed by atoms with van der Waals surface area (Å²) in [5.41, 5.74) is -0.123. The lowest BCUT2D eigenvalue weighted by molar-refractivity contribution is -0.137. The van der Waals surface area contributed by atoms with Crippen LogP contribution in [-0.2, 0) is 20.4 Å². The molecule has 0 aromatic heterocycles. The van der Waals surface area contributed by atoms with Gasteiger partial charge in [0.25, 0.3) is 5.91 Å². The van der Waals surface area contributed by atoms with E-state index >= 15 is 0 Å². The van der Waals surface area contributed by atoms with Crippen LogP contribution >= 0.6 is 0 Å². The highest BCUT2D eigenvalue weighted by Gasteiger charge is 2.31. The Hall–Kier alpha value is -2.06. The predicted octanol–water partition coefficient (Wildman–Crippen LogP) is 3.32. The zero-order valence-electron chi connectivity index (χ0n) is 14.6. The van der Waals surface area contributed by atoms with E-state index in [2.05, 4.69) is 11.9 Å². The molecule has 0 bridgehead atoms. The average Bonchev–Trinajstić information content (AvgIpc) is 2.54. The molecule has 25 heavy (non-hydrogen) atoms. The Balaban J connectivity index is 3.28. The second-order valence-electron chi connectivity index (χ2n) is 5.44. The van der Waals surface area contributed by atoms with Gasteiger partial charge < -0.3 is 19.7 Å². The number of halogens is 3. The summed E-state index contributed by atoms with van der Waals surface area (Å²) >= 11 is 0. The first-order valence-corrected chi connectivity index (χ1v) is 7.61. The Morgan fingerprint density at radius 1 is 1.20 bits per heavy atom. The molecular weight excluding hydrogens is 337 g/mol. The van der Waals surface area contributed by atoms with E-state index in [-0.39, 0.29) is 11.3 Å². The van der Waals surface area contributed by atoms with Gasteiger partial charge in [0, 0.05) is 32.9 Å². The van der Waals surface area contributed by atoms with Gasteiger partial charge in [-0.05, 0) is 25.1 Å². The van der Waals surface area contributed by atoms with E-state index in [9.17, 15) is 18.0 Å². The van der Waals surface area contributed by atoms with E-state index in [1.807, 2.05) is 0 Å². The smallest absolute Gasteiger partial charge is 0.383 e. The van der Waals surface area contributed by atoms with Gasteiger partial charge >= 0.3 is 6.18 Å². The maximum atomic E-state index is 13.0. The zero-order chi connectivity index (χ0) is 19.0. The quantitative estimate of drug-likeness (QED) is 0.687. The van der Waals surface area contributed by atoms with Crippen molar-refractivity contribution in [3.8, 4) is 0 Å². The van der Waals surface area contributed by atoms with Crippen molar-refractivity contribution >= 4 is 17.3 Å². The minimum absolute atomic E-state index is 0.0648. The fraction of sp³-hybridized carbons (Fsp3) is 0.471. The second-order valence-corrected chi connectivity index (χ2v) is 5.44. The van der Waals surface area contributed by atoms with Gasteiger partial charge in [-0.2, -0.15) is 13.2 Å².